The van der Waals surface area contributed by atoms with Crippen molar-refractivity contribution in [3.05, 3.63) is 83.1 Å². The number of esters is 1. The lowest BCUT2D eigenvalue weighted by molar-refractivity contribution is -0.519. The number of hydrogen-bond acceptors (Lipinski definition) is 4. The van der Waals surface area contributed by atoms with E-state index in [1.54, 1.807) is 6.07 Å². The van der Waals surface area contributed by atoms with Gasteiger partial charge in [0, 0.05) is 54.4 Å². The van der Waals surface area contributed by atoms with Gasteiger partial charge in [0.25, 0.3) is 0 Å². The quantitative estimate of drug-likeness (QED) is 0.331. The molecule has 2 aromatic carbocycles. The summed E-state index contributed by atoms with van der Waals surface area (Å²) in [4.78, 5) is 15.2. The molecule has 4 rings (SSSR count). The molecule has 2 aromatic rings. The molecule has 0 bridgehead atoms. The maximum absolute atomic E-state index is 12.9. The smallest absolute Gasteiger partial charge is 0.338 e. The van der Waals surface area contributed by atoms with E-state index >= 15 is 0 Å². The Balaban J connectivity index is 1.88. The lowest BCUT2D eigenvalue weighted by Gasteiger charge is -2.36. The van der Waals surface area contributed by atoms with Gasteiger partial charge in [-0.2, -0.15) is 0 Å². The molecule has 0 spiro atoms. The lowest BCUT2D eigenvalue weighted by Crippen LogP contribution is -2.30. The van der Waals surface area contributed by atoms with E-state index in [1.165, 1.54) is 0 Å². The molecule has 0 saturated carbocycles. The van der Waals surface area contributed by atoms with Crippen LogP contribution >= 0.6 is 0 Å². The number of nitrogens with zero attached hydrogens (tertiary/aromatic N) is 2. The van der Waals surface area contributed by atoms with Crippen LogP contribution in [0.5, 0.6) is 5.75 Å². The number of carbonyl (C=O) groups excluding carboxylic acids is 1. The van der Waals surface area contributed by atoms with Crippen molar-refractivity contribution in [2.45, 2.75) is 33.6 Å². The normalized spacial score (nSPS) is 18.0. The van der Waals surface area contributed by atoms with Crippen LogP contribution in [0.3, 0.4) is 0 Å². The molecule has 0 aromatic heterocycles. The van der Waals surface area contributed by atoms with Crippen molar-refractivity contribution >= 4 is 17.4 Å². The Morgan fingerprint density at radius 2 is 1.81 bits per heavy atom. The number of halogens is 1. The van der Waals surface area contributed by atoms with Crippen LogP contribution in [0.25, 0.3) is 0 Å². The summed E-state index contributed by atoms with van der Waals surface area (Å²) < 4.78 is 26.8. The second-order valence-corrected chi connectivity index (χ2v) is 8.92. The van der Waals surface area contributed by atoms with Gasteiger partial charge in [-0.05, 0) is 45.4 Å². The zero-order chi connectivity index (χ0) is 25.7. The van der Waals surface area contributed by atoms with E-state index in [2.05, 4.69) is 73.6 Å². The second-order valence-electron chi connectivity index (χ2n) is 8.92. The van der Waals surface area contributed by atoms with E-state index < -0.39 is 12.6 Å². The molecule has 0 amide bonds. The van der Waals surface area contributed by atoms with Crippen LogP contribution in [-0.2, 0) is 4.74 Å². The first kappa shape index (κ1) is 25.7. The van der Waals surface area contributed by atoms with Gasteiger partial charge >= 0.3 is 5.97 Å². The summed E-state index contributed by atoms with van der Waals surface area (Å²) in [6, 6.07) is 13.8. The van der Waals surface area contributed by atoms with E-state index in [-0.39, 0.29) is 18.4 Å². The van der Waals surface area contributed by atoms with Crippen molar-refractivity contribution in [3.63, 3.8) is 0 Å². The average molecular weight is 492 g/mol. The standard InChI is InChI=1S/C30H36FN2O3/c1-5-32(6-2)21-13-15-25-27(19-21)36-28-20-22(33(7-3)8-4)14-16-26(28)29(25)23-11-9-10-12-24(23)30(34)35-18-17-31/h9-16,19-20,25,29H,5-8,17-18H2,1-4H3/q+1. The van der Waals surface area contributed by atoms with Gasteiger partial charge in [0.15, 0.2) is 0 Å². The van der Waals surface area contributed by atoms with Crippen molar-refractivity contribution in [1.82, 2.24) is 0 Å². The van der Waals surface area contributed by atoms with Crippen LogP contribution in [0.2, 0.25) is 0 Å². The summed E-state index contributed by atoms with van der Waals surface area (Å²) in [5.41, 5.74) is 4.56. The van der Waals surface area contributed by atoms with Crippen LogP contribution in [0.1, 0.15) is 55.1 Å². The topological polar surface area (TPSA) is 41.8 Å². The first-order chi connectivity index (χ1) is 17.6. The van der Waals surface area contributed by atoms with Gasteiger partial charge < -0.3 is 14.4 Å². The average Bonchev–Trinajstić information content (AvgIpc) is 2.91. The van der Waals surface area contributed by atoms with Crippen LogP contribution in [-0.4, -0.2) is 55.7 Å². The maximum Gasteiger partial charge on any atom is 0.338 e. The summed E-state index contributed by atoms with van der Waals surface area (Å²) in [7, 11) is 0. The van der Waals surface area contributed by atoms with Gasteiger partial charge in [-0.25, -0.2) is 13.8 Å². The molecule has 36 heavy (non-hydrogen) atoms. The highest BCUT2D eigenvalue weighted by molar-refractivity contribution is 6.02. The predicted octanol–water partition coefficient (Wildman–Crippen LogP) is 5.75. The third-order valence-electron chi connectivity index (χ3n) is 7.10. The first-order valence-corrected chi connectivity index (χ1v) is 13.0. The van der Waals surface area contributed by atoms with E-state index in [0.29, 0.717) is 5.56 Å². The molecule has 190 valence electrons. The number of rotatable bonds is 9. The number of allylic oxidation sites excluding steroid dienone is 3. The van der Waals surface area contributed by atoms with Crippen LogP contribution in [0, 0.1) is 5.92 Å². The molecule has 0 saturated heterocycles. The number of alkyl halides is 1. The third-order valence-corrected chi connectivity index (χ3v) is 7.10. The minimum absolute atomic E-state index is 0.0776. The SMILES string of the molecule is CCN(CC)c1ccc2c(c1)OC1=CC(=[N+](CC)CC)C=CC1C2c1ccccc1C(=O)OCCF. The Labute approximate surface area is 213 Å². The van der Waals surface area contributed by atoms with Crippen LogP contribution in [0.15, 0.2) is 66.5 Å². The van der Waals surface area contributed by atoms with Gasteiger partial charge in [0.1, 0.15) is 37.9 Å². The van der Waals surface area contributed by atoms with Crippen molar-refractivity contribution < 1.29 is 23.2 Å². The molecular formula is C30H36FN2O3+. The largest absolute Gasteiger partial charge is 0.460 e. The van der Waals surface area contributed by atoms with Crippen LogP contribution in [0.4, 0.5) is 10.1 Å². The molecule has 5 nitrogen and oxygen atoms in total. The fourth-order valence-electron chi connectivity index (χ4n) is 5.24. The molecule has 0 N–H and O–H groups in total. The Morgan fingerprint density at radius 1 is 1.06 bits per heavy atom. The Kier molecular flexibility index (Phi) is 8.24. The van der Waals surface area contributed by atoms with Crippen molar-refractivity contribution in [1.29, 1.82) is 0 Å². The highest BCUT2D eigenvalue weighted by atomic mass is 19.1. The fourth-order valence-corrected chi connectivity index (χ4v) is 5.24. The number of ether oxygens (including phenoxy) is 2. The molecule has 2 atom stereocenters. The van der Waals surface area contributed by atoms with E-state index in [0.717, 1.165) is 60.2 Å². The number of anilines is 1. The Hall–Kier alpha value is -3.41. The summed E-state index contributed by atoms with van der Waals surface area (Å²) in [5, 5.41) is 0. The summed E-state index contributed by atoms with van der Waals surface area (Å²) in [5.74, 6) is 0.936. The third kappa shape index (κ3) is 4.95. The molecule has 1 aliphatic heterocycles. The maximum atomic E-state index is 12.9. The van der Waals surface area contributed by atoms with E-state index in [9.17, 15) is 9.18 Å². The fraction of sp³-hybridized carbons (Fsp3) is 0.400. The number of fused-ring (bicyclic) bond motifs is 2. The molecule has 6 heteroatoms. The highest BCUT2D eigenvalue weighted by Gasteiger charge is 2.39. The lowest BCUT2D eigenvalue weighted by atomic mass is 9.74. The minimum atomic E-state index is -0.704. The predicted molar refractivity (Wildman–Crippen MR) is 142 cm³/mol. The molecule has 1 aliphatic carbocycles. The zero-order valence-electron chi connectivity index (χ0n) is 21.7. The first-order valence-electron chi connectivity index (χ1n) is 13.0. The molecule has 2 aliphatic rings. The zero-order valence-corrected chi connectivity index (χ0v) is 21.7. The van der Waals surface area contributed by atoms with Gasteiger partial charge in [-0.15, -0.1) is 0 Å². The highest BCUT2D eigenvalue weighted by Crippen LogP contribution is 2.49. The molecule has 1 heterocycles. The van der Waals surface area contributed by atoms with Crippen LogP contribution < -0.4 is 9.64 Å². The van der Waals surface area contributed by atoms with Crippen molar-refractivity contribution in [2.75, 3.05) is 44.4 Å². The van der Waals surface area contributed by atoms with Crippen molar-refractivity contribution in [3.8, 4) is 5.75 Å². The number of hydrogen-bond donors (Lipinski definition) is 0. The van der Waals surface area contributed by atoms with Gasteiger partial charge in [-0.3, -0.25) is 0 Å². The van der Waals surface area contributed by atoms with Crippen molar-refractivity contribution in [2.24, 2.45) is 5.92 Å². The van der Waals surface area contributed by atoms with Gasteiger partial charge in [-0.1, -0.05) is 30.3 Å². The van der Waals surface area contributed by atoms with E-state index in [1.807, 2.05) is 18.2 Å². The number of carbonyl (C=O) groups is 1. The minimum Gasteiger partial charge on any atom is -0.460 e. The second kappa shape index (κ2) is 11.5. The Bertz CT molecular complexity index is 1190. The van der Waals surface area contributed by atoms with Gasteiger partial charge in [0.2, 0.25) is 5.71 Å². The molecular weight excluding hydrogens is 455 g/mol. The Morgan fingerprint density at radius 3 is 2.50 bits per heavy atom. The monoisotopic (exact) mass is 491 g/mol. The summed E-state index contributed by atoms with van der Waals surface area (Å²) in [6.07, 6.45) is 6.46. The molecule has 0 radical (unpaired) electrons. The van der Waals surface area contributed by atoms with E-state index in [4.69, 9.17) is 9.47 Å². The summed E-state index contributed by atoms with van der Waals surface area (Å²) >= 11 is 0. The molecule has 0 fully saturated rings. The number of benzene rings is 2. The van der Waals surface area contributed by atoms with Gasteiger partial charge in [0.05, 0.1) is 5.56 Å². The molecule has 2 unspecified atom stereocenters. The summed E-state index contributed by atoms with van der Waals surface area (Å²) in [6.45, 7) is 11.2.